The number of hydrogen-bond acceptors (Lipinski definition) is 11. The van der Waals surface area contributed by atoms with E-state index in [-0.39, 0.29) is 37.4 Å². The number of carbonyl (C=O) groups excluding carboxylic acids is 4. The van der Waals surface area contributed by atoms with Crippen LogP contribution in [-0.4, -0.2) is 107 Å². The molecule has 4 amide bonds. The highest BCUT2D eigenvalue weighted by Gasteiger charge is 2.63. The van der Waals surface area contributed by atoms with Crippen molar-refractivity contribution in [3.63, 3.8) is 0 Å². The lowest BCUT2D eigenvalue weighted by Gasteiger charge is -2.30. The number of pyridine rings is 1. The van der Waals surface area contributed by atoms with Crippen molar-refractivity contribution in [1.82, 2.24) is 35.0 Å². The van der Waals surface area contributed by atoms with Crippen molar-refractivity contribution < 1.29 is 55.0 Å². The van der Waals surface area contributed by atoms with Crippen LogP contribution in [0.15, 0.2) is 42.6 Å². The Morgan fingerprint density at radius 3 is 2.57 bits per heavy atom. The molecule has 2 aliphatic carbocycles. The van der Waals surface area contributed by atoms with Gasteiger partial charge in [0.25, 0.3) is 11.8 Å². The topological polar surface area (TPSA) is 200 Å². The second-order valence-electron chi connectivity index (χ2n) is 16.4. The van der Waals surface area contributed by atoms with Gasteiger partial charge in [-0.25, -0.2) is 13.4 Å². The van der Waals surface area contributed by atoms with Crippen molar-refractivity contribution in [1.29, 1.82) is 0 Å². The van der Waals surface area contributed by atoms with Crippen molar-refractivity contribution in [3.8, 4) is 17.4 Å². The number of alkyl halides is 3. The number of carbonyl (C=O) groups is 4. The highest BCUT2D eigenvalue weighted by molar-refractivity contribution is 7.91. The summed E-state index contributed by atoms with van der Waals surface area (Å²) in [7, 11) is -2.53. The first kappa shape index (κ1) is 43.7. The summed E-state index contributed by atoms with van der Waals surface area (Å²) < 4.78 is 85.2. The van der Waals surface area contributed by atoms with Gasteiger partial charge in [-0.2, -0.15) is 18.3 Å². The van der Waals surface area contributed by atoms with Crippen LogP contribution in [0.2, 0.25) is 0 Å². The SMILES string of the molecule is CCOc1cc(O[C@@H]2C[C@H]3C(=O)N[C@]4(C(=O)NS(=O)(=O)C5(C)CC5)CC4/C=C\CCCCC[C@H](NC(=O)c4ccn(CC(F)(F)F)n4)C(=O)N3C2)c2ccc(OC)c(C)c2n1. The van der Waals surface area contributed by atoms with Crippen molar-refractivity contribution in [3.05, 3.63) is 53.9 Å². The predicted molar refractivity (Wildman–Crippen MR) is 214 cm³/mol. The number of rotatable bonds is 11. The third-order valence-electron chi connectivity index (χ3n) is 11.9. The number of ether oxygens (including phenoxy) is 3. The second-order valence-corrected chi connectivity index (χ2v) is 18.6. The number of halogens is 3. The van der Waals surface area contributed by atoms with E-state index < -0.39 is 80.8 Å². The average Bonchev–Trinajstić information content (AvgIpc) is 3.99. The molecule has 2 aliphatic heterocycles. The van der Waals surface area contributed by atoms with Gasteiger partial charge in [-0.3, -0.25) is 28.6 Å². The van der Waals surface area contributed by atoms with Crippen molar-refractivity contribution in [2.45, 2.75) is 120 Å². The fourth-order valence-corrected chi connectivity index (χ4v) is 9.32. The van der Waals surface area contributed by atoms with Gasteiger partial charge in [-0.05, 0) is 77.5 Å². The van der Waals surface area contributed by atoms with E-state index in [1.807, 2.05) is 13.0 Å². The van der Waals surface area contributed by atoms with Crippen LogP contribution in [0.4, 0.5) is 13.2 Å². The van der Waals surface area contributed by atoms with E-state index in [1.54, 1.807) is 38.1 Å². The number of aryl methyl sites for hydroxylation is 1. The van der Waals surface area contributed by atoms with E-state index in [0.29, 0.717) is 72.2 Å². The Kier molecular flexibility index (Phi) is 12.0. The molecule has 3 fully saturated rings. The molecule has 3 N–H and O–H groups in total. The highest BCUT2D eigenvalue weighted by Crippen LogP contribution is 2.48. The summed E-state index contributed by atoms with van der Waals surface area (Å²) in [5.74, 6) is -2.48. The Bertz CT molecular complexity index is 2350. The number of aromatic nitrogens is 3. The molecule has 3 aromatic rings. The molecule has 1 unspecified atom stereocenters. The molecule has 2 saturated carbocycles. The lowest BCUT2D eigenvalue weighted by atomic mass is 10.0. The zero-order chi connectivity index (χ0) is 43.9. The van der Waals surface area contributed by atoms with E-state index >= 15 is 0 Å². The number of sulfonamides is 1. The first-order valence-electron chi connectivity index (χ1n) is 20.4. The minimum atomic E-state index is -4.58. The van der Waals surface area contributed by atoms with Crippen LogP contribution >= 0.6 is 0 Å². The molecule has 0 bridgehead atoms. The summed E-state index contributed by atoms with van der Waals surface area (Å²) in [6.45, 7) is 3.92. The zero-order valence-corrected chi connectivity index (χ0v) is 35.2. The van der Waals surface area contributed by atoms with Gasteiger partial charge >= 0.3 is 6.18 Å². The summed E-state index contributed by atoms with van der Waals surface area (Å²) in [6, 6.07) is 3.77. The summed E-state index contributed by atoms with van der Waals surface area (Å²) in [5.41, 5.74) is -0.693. The third-order valence-corrected chi connectivity index (χ3v) is 14.1. The molecular weight excluding hydrogens is 824 g/mol. The highest BCUT2D eigenvalue weighted by atomic mass is 32.2. The van der Waals surface area contributed by atoms with Gasteiger partial charge in [0.1, 0.15) is 47.5 Å². The summed E-state index contributed by atoms with van der Waals surface area (Å²) in [4.78, 5) is 62.7. The van der Waals surface area contributed by atoms with Gasteiger partial charge < -0.3 is 29.7 Å². The molecule has 5 atom stereocenters. The first-order chi connectivity index (χ1) is 28.9. The quantitative estimate of drug-likeness (QED) is 0.233. The van der Waals surface area contributed by atoms with Crippen LogP contribution in [0.25, 0.3) is 10.9 Å². The molecule has 1 saturated heterocycles. The molecule has 4 aliphatic rings. The van der Waals surface area contributed by atoms with Crippen molar-refractivity contribution in [2.24, 2.45) is 5.92 Å². The number of hydrogen-bond donors (Lipinski definition) is 3. The summed E-state index contributed by atoms with van der Waals surface area (Å²) >= 11 is 0. The minimum absolute atomic E-state index is 0.0718. The Balaban J connectivity index is 1.22. The Morgan fingerprint density at radius 2 is 1.87 bits per heavy atom. The fourth-order valence-electron chi connectivity index (χ4n) is 8.01. The van der Waals surface area contributed by atoms with Gasteiger partial charge in [0.05, 0.1) is 30.5 Å². The monoisotopic (exact) mass is 873 g/mol. The minimum Gasteiger partial charge on any atom is -0.496 e. The Morgan fingerprint density at radius 1 is 1.10 bits per heavy atom. The number of nitrogens with one attached hydrogen (secondary N) is 3. The standard InChI is InChI=1S/C41H50F3N7O9S/c1-5-59-33-20-32(27-13-14-31(58-4)24(2)34(27)46-33)60-26-19-30-36(53)47-40(38(55)49-61(56,57)39(3)16-17-39)21-25(40)11-9-7-6-8-10-12-29(37(54)51(30)22-26)45-35(52)28-15-18-50(48-28)23-41(42,43)44/h9,11,13-15,18,20,25-26,29-30H,5-8,10,12,16-17,19,21-23H2,1-4H3,(H,45,52)(H,47,53)(H,49,55)/b11-9-/t25?,26-,29+,30+,40-/m1/s1. The molecule has 2 aromatic heterocycles. The van der Waals surface area contributed by atoms with Crippen LogP contribution in [0.1, 0.15) is 87.7 Å². The van der Waals surface area contributed by atoms with Crippen molar-refractivity contribution in [2.75, 3.05) is 20.3 Å². The maximum absolute atomic E-state index is 14.7. The van der Waals surface area contributed by atoms with Gasteiger partial charge in [0.15, 0.2) is 0 Å². The van der Waals surface area contributed by atoms with E-state index in [4.69, 9.17) is 14.2 Å². The van der Waals surface area contributed by atoms with Crippen LogP contribution in [0.5, 0.6) is 17.4 Å². The average molecular weight is 874 g/mol. The molecule has 0 radical (unpaired) electrons. The first-order valence-corrected chi connectivity index (χ1v) is 21.9. The van der Waals surface area contributed by atoms with Crippen molar-refractivity contribution >= 4 is 44.6 Å². The molecule has 1 aromatic carbocycles. The van der Waals surface area contributed by atoms with Gasteiger partial charge in [0, 0.05) is 35.6 Å². The van der Waals surface area contributed by atoms with Crippen LogP contribution in [-0.2, 0) is 31.0 Å². The molecular formula is C41H50F3N7O9S. The molecule has 16 nitrogen and oxygen atoms in total. The predicted octanol–water partition coefficient (Wildman–Crippen LogP) is 4.25. The molecule has 7 rings (SSSR count). The fraction of sp³-hybridized carbons (Fsp3) is 0.561. The Labute approximate surface area is 351 Å². The normalized spacial score (nSPS) is 25.9. The maximum atomic E-state index is 14.7. The van der Waals surface area contributed by atoms with E-state index in [2.05, 4.69) is 25.4 Å². The van der Waals surface area contributed by atoms with Gasteiger partial charge in [0.2, 0.25) is 27.7 Å². The molecule has 20 heteroatoms. The van der Waals surface area contributed by atoms with Gasteiger partial charge in [-0.15, -0.1) is 0 Å². The van der Waals surface area contributed by atoms with E-state index in [1.165, 1.54) is 12.0 Å². The molecule has 0 spiro atoms. The molecule has 4 heterocycles. The lowest BCUT2D eigenvalue weighted by Crippen LogP contribution is -2.58. The number of nitrogens with zero attached hydrogens (tertiary/aromatic N) is 4. The number of benzene rings is 1. The molecule has 61 heavy (non-hydrogen) atoms. The zero-order valence-electron chi connectivity index (χ0n) is 34.3. The van der Waals surface area contributed by atoms with E-state index in [9.17, 15) is 40.8 Å². The van der Waals surface area contributed by atoms with E-state index in [0.717, 1.165) is 17.8 Å². The van der Waals surface area contributed by atoms with Gasteiger partial charge in [-0.1, -0.05) is 25.0 Å². The third kappa shape index (κ3) is 9.28. The van der Waals surface area contributed by atoms with Crippen LogP contribution in [0.3, 0.4) is 0 Å². The van der Waals surface area contributed by atoms with Crippen LogP contribution in [0, 0.1) is 12.8 Å². The largest absolute Gasteiger partial charge is 0.496 e. The van der Waals surface area contributed by atoms with Crippen LogP contribution < -0.4 is 29.6 Å². The number of methoxy groups -OCH3 is 1. The second kappa shape index (κ2) is 16.8. The summed E-state index contributed by atoms with van der Waals surface area (Å²) in [5, 5.41) is 9.86. The Hall–Kier alpha value is -5.40. The molecule has 330 valence electrons. The lowest BCUT2D eigenvalue weighted by molar-refractivity contribution is -0.142. The summed E-state index contributed by atoms with van der Waals surface area (Å²) in [6.07, 6.45) is 2.61. The number of allylic oxidation sites excluding steroid dienone is 1. The number of amides is 4. The smallest absolute Gasteiger partial charge is 0.408 e. The number of fused-ring (bicyclic) bond motifs is 3. The maximum Gasteiger partial charge on any atom is 0.408 e.